The summed E-state index contributed by atoms with van der Waals surface area (Å²) in [6.45, 7) is 2.23. The number of anilines is 2. The average Bonchev–Trinajstić information content (AvgIpc) is 2.92. The molecule has 0 fully saturated rings. The van der Waals surface area contributed by atoms with Gasteiger partial charge in [-0.3, -0.25) is 9.59 Å². The molecule has 0 radical (unpaired) electrons. The van der Waals surface area contributed by atoms with Crippen LogP contribution in [0.5, 0.6) is 5.75 Å². The second kappa shape index (κ2) is 10.6. The van der Waals surface area contributed by atoms with Crippen LogP contribution in [-0.2, 0) is 22.6 Å². The van der Waals surface area contributed by atoms with Crippen LogP contribution in [0.1, 0.15) is 27.0 Å². The molecule has 2 N–H and O–H groups in total. The van der Waals surface area contributed by atoms with Crippen molar-refractivity contribution in [3.05, 3.63) is 113 Å². The lowest BCUT2D eigenvalue weighted by Crippen LogP contribution is -2.38. The number of carbonyl (C=O) groups excluding carboxylic acids is 2. The Bertz CT molecular complexity index is 1510. The molecule has 1 heterocycles. The highest BCUT2D eigenvalue weighted by Gasteiger charge is 2.26. The van der Waals surface area contributed by atoms with E-state index >= 15 is 0 Å². The molecule has 2 amide bonds. The van der Waals surface area contributed by atoms with Crippen LogP contribution in [0.4, 0.5) is 11.4 Å². The van der Waals surface area contributed by atoms with Crippen LogP contribution >= 0.6 is 0 Å². The summed E-state index contributed by atoms with van der Waals surface area (Å²) in [5.41, 5.74) is 5.83. The third-order valence-corrected chi connectivity index (χ3v) is 6.43. The third kappa shape index (κ3) is 5.42. The summed E-state index contributed by atoms with van der Waals surface area (Å²) in [5, 5.41) is 12.4. The van der Waals surface area contributed by atoms with E-state index in [2.05, 4.69) is 5.32 Å². The molecular weight excluding hydrogens is 480 g/mol. The fourth-order valence-electron chi connectivity index (χ4n) is 4.45. The fraction of sp³-hybridized carbons (Fsp3) is 0.129. The number of benzene rings is 4. The van der Waals surface area contributed by atoms with Crippen molar-refractivity contribution in [3.63, 3.8) is 0 Å². The Morgan fingerprint density at radius 3 is 2.37 bits per heavy atom. The Kier molecular flexibility index (Phi) is 6.91. The lowest BCUT2D eigenvalue weighted by Gasteiger charge is -2.30. The molecule has 5 rings (SSSR count). The van der Waals surface area contributed by atoms with Crippen molar-refractivity contribution in [2.75, 3.05) is 16.8 Å². The highest BCUT2D eigenvalue weighted by atomic mass is 16.5. The molecule has 0 saturated carbocycles. The Morgan fingerprint density at radius 2 is 1.63 bits per heavy atom. The zero-order chi connectivity index (χ0) is 26.6. The SMILES string of the molecule is Cc1ccc(CC(=O)Nc2ccc3c(c2)OCC(=O)N3Cc2ccc(-c3ccccc3C(=O)O)cc2)cc1. The molecule has 7 heteroatoms. The van der Waals surface area contributed by atoms with Crippen molar-refractivity contribution in [1.29, 1.82) is 0 Å². The molecule has 0 aliphatic carbocycles. The second-order valence-corrected chi connectivity index (χ2v) is 9.21. The van der Waals surface area contributed by atoms with Gasteiger partial charge in [0.2, 0.25) is 5.91 Å². The maximum atomic E-state index is 12.7. The highest BCUT2D eigenvalue weighted by molar-refractivity contribution is 5.99. The van der Waals surface area contributed by atoms with Gasteiger partial charge in [0.15, 0.2) is 6.61 Å². The summed E-state index contributed by atoms with van der Waals surface area (Å²) in [6.07, 6.45) is 0.260. The molecule has 4 aromatic rings. The number of fused-ring (bicyclic) bond motifs is 1. The Hall–Kier alpha value is -4.91. The lowest BCUT2D eigenvalue weighted by atomic mass is 9.98. The zero-order valence-electron chi connectivity index (χ0n) is 20.8. The van der Waals surface area contributed by atoms with Gasteiger partial charge in [-0.05, 0) is 47.4 Å². The Morgan fingerprint density at radius 1 is 0.921 bits per heavy atom. The number of nitrogens with one attached hydrogen (secondary N) is 1. The van der Waals surface area contributed by atoms with E-state index in [1.165, 1.54) is 0 Å². The fourth-order valence-corrected chi connectivity index (χ4v) is 4.45. The molecule has 0 bridgehead atoms. The molecule has 0 saturated heterocycles. The first kappa shape index (κ1) is 24.8. The summed E-state index contributed by atoms with van der Waals surface area (Å²) >= 11 is 0. The van der Waals surface area contributed by atoms with Gasteiger partial charge in [-0.15, -0.1) is 0 Å². The van der Waals surface area contributed by atoms with E-state index in [4.69, 9.17) is 4.74 Å². The predicted octanol–water partition coefficient (Wildman–Crippen LogP) is 5.47. The molecule has 0 spiro atoms. The van der Waals surface area contributed by atoms with Gasteiger partial charge in [0.1, 0.15) is 5.75 Å². The number of ether oxygens (including phenoxy) is 1. The van der Waals surface area contributed by atoms with Crippen LogP contribution in [0.3, 0.4) is 0 Å². The van der Waals surface area contributed by atoms with Gasteiger partial charge in [-0.25, -0.2) is 4.79 Å². The standard InChI is InChI=1S/C31H26N2O5/c1-20-6-8-21(9-7-20)16-29(34)32-24-14-15-27-28(17-24)38-19-30(35)33(27)18-22-10-12-23(13-11-22)25-4-2-3-5-26(25)31(36)37/h2-15,17H,16,18-19H2,1H3,(H,32,34)(H,36,37). The average molecular weight is 507 g/mol. The van der Waals surface area contributed by atoms with E-state index in [1.54, 1.807) is 47.4 Å². The third-order valence-electron chi connectivity index (χ3n) is 6.43. The van der Waals surface area contributed by atoms with E-state index in [0.717, 1.165) is 22.3 Å². The van der Waals surface area contributed by atoms with Crippen molar-refractivity contribution in [2.24, 2.45) is 0 Å². The number of aromatic carboxylic acids is 1. The maximum absolute atomic E-state index is 12.7. The van der Waals surface area contributed by atoms with Crippen molar-refractivity contribution in [2.45, 2.75) is 19.9 Å². The minimum absolute atomic E-state index is 0.0994. The summed E-state index contributed by atoms with van der Waals surface area (Å²) in [5.74, 6) is -0.772. The molecule has 4 aromatic carbocycles. The topological polar surface area (TPSA) is 95.9 Å². The van der Waals surface area contributed by atoms with E-state index in [-0.39, 0.29) is 30.4 Å². The molecule has 0 aromatic heterocycles. The number of carboxylic acid groups (broad SMARTS) is 1. The number of carboxylic acids is 1. The highest BCUT2D eigenvalue weighted by Crippen LogP contribution is 2.36. The number of aryl methyl sites for hydroxylation is 1. The summed E-state index contributed by atoms with van der Waals surface area (Å²) in [6, 6.07) is 27.4. The van der Waals surface area contributed by atoms with Crippen LogP contribution in [-0.4, -0.2) is 29.5 Å². The first-order valence-corrected chi connectivity index (χ1v) is 12.2. The van der Waals surface area contributed by atoms with Gasteiger partial charge >= 0.3 is 5.97 Å². The molecule has 1 aliphatic heterocycles. The van der Waals surface area contributed by atoms with Gasteiger partial charge < -0.3 is 20.1 Å². The van der Waals surface area contributed by atoms with E-state index in [0.29, 0.717) is 29.2 Å². The molecule has 38 heavy (non-hydrogen) atoms. The minimum Gasteiger partial charge on any atom is -0.481 e. The van der Waals surface area contributed by atoms with Gasteiger partial charge in [0.25, 0.3) is 5.91 Å². The van der Waals surface area contributed by atoms with E-state index in [9.17, 15) is 19.5 Å². The van der Waals surface area contributed by atoms with Gasteiger partial charge in [-0.2, -0.15) is 0 Å². The smallest absolute Gasteiger partial charge is 0.336 e. The van der Waals surface area contributed by atoms with Crippen LogP contribution < -0.4 is 15.0 Å². The van der Waals surface area contributed by atoms with Crippen molar-refractivity contribution in [1.82, 2.24) is 0 Å². The maximum Gasteiger partial charge on any atom is 0.336 e. The van der Waals surface area contributed by atoms with Gasteiger partial charge in [-0.1, -0.05) is 72.3 Å². The monoisotopic (exact) mass is 506 g/mol. The molecular formula is C31H26N2O5. The second-order valence-electron chi connectivity index (χ2n) is 9.21. The number of hydrogen-bond donors (Lipinski definition) is 2. The molecule has 1 aliphatic rings. The summed E-state index contributed by atoms with van der Waals surface area (Å²) < 4.78 is 5.67. The number of hydrogen-bond acceptors (Lipinski definition) is 4. The van der Waals surface area contributed by atoms with E-state index in [1.807, 2.05) is 55.5 Å². The summed E-state index contributed by atoms with van der Waals surface area (Å²) in [4.78, 5) is 38.5. The molecule has 190 valence electrons. The largest absolute Gasteiger partial charge is 0.481 e. The van der Waals surface area contributed by atoms with Crippen molar-refractivity contribution < 1.29 is 24.2 Å². The summed E-state index contributed by atoms with van der Waals surface area (Å²) in [7, 11) is 0. The van der Waals surface area contributed by atoms with Crippen LogP contribution in [0.15, 0.2) is 91.0 Å². The Balaban J connectivity index is 1.30. The van der Waals surface area contributed by atoms with Crippen molar-refractivity contribution in [3.8, 4) is 16.9 Å². The number of nitrogens with zero attached hydrogens (tertiary/aromatic N) is 1. The van der Waals surface area contributed by atoms with Crippen LogP contribution in [0.2, 0.25) is 0 Å². The van der Waals surface area contributed by atoms with Crippen LogP contribution in [0, 0.1) is 6.92 Å². The van der Waals surface area contributed by atoms with Crippen LogP contribution in [0.25, 0.3) is 11.1 Å². The zero-order valence-corrected chi connectivity index (χ0v) is 20.8. The number of rotatable bonds is 7. The first-order chi connectivity index (χ1) is 18.4. The van der Waals surface area contributed by atoms with Gasteiger partial charge in [0.05, 0.1) is 24.2 Å². The lowest BCUT2D eigenvalue weighted by molar-refractivity contribution is -0.121. The Labute approximate surface area is 220 Å². The predicted molar refractivity (Wildman–Crippen MR) is 145 cm³/mol. The van der Waals surface area contributed by atoms with Gasteiger partial charge in [0, 0.05) is 11.8 Å². The normalized spacial score (nSPS) is 12.4. The van der Waals surface area contributed by atoms with Crippen molar-refractivity contribution >= 4 is 29.2 Å². The minimum atomic E-state index is -0.981. The molecule has 0 atom stereocenters. The number of amides is 2. The van der Waals surface area contributed by atoms with E-state index < -0.39 is 5.97 Å². The first-order valence-electron chi connectivity index (χ1n) is 12.2. The molecule has 0 unspecified atom stereocenters. The molecule has 7 nitrogen and oxygen atoms in total. The quantitative estimate of drug-likeness (QED) is 0.347. The number of carbonyl (C=O) groups is 3.